The third-order valence-corrected chi connectivity index (χ3v) is 4.74. The summed E-state index contributed by atoms with van der Waals surface area (Å²) in [5.41, 5.74) is 1.93. The summed E-state index contributed by atoms with van der Waals surface area (Å²) < 4.78 is 5.08. The van der Waals surface area contributed by atoms with Gasteiger partial charge in [0.05, 0.1) is 6.61 Å². The van der Waals surface area contributed by atoms with Gasteiger partial charge in [0, 0.05) is 20.2 Å². The summed E-state index contributed by atoms with van der Waals surface area (Å²) in [5, 5.41) is 7.98. The van der Waals surface area contributed by atoms with Gasteiger partial charge in [-0.1, -0.05) is 13.8 Å². The van der Waals surface area contributed by atoms with Gasteiger partial charge in [0.1, 0.15) is 0 Å². The molecule has 0 fully saturated rings. The Kier molecular flexibility index (Phi) is 7.56. The highest BCUT2D eigenvalue weighted by Gasteiger charge is 2.25. The van der Waals surface area contributed by atoms with Gasteiger partial charge in [-0.2, -0.15) is 11.3 Å². The van der Waals surface area contributed by atoms with E-state index in [0.717, 1.165) is 19.7 Å². The molecule has 1 N–H and O–H groups in total. The molecule has 0 aliphatic carbocycles. The zero-order chi connectivity index (χ0) is 13.3. The monoisotopic (exact) mass is 269 g/mol. The van der Waals surface area contributed by atoms with Gasteiger partial charge < -0.3 is 10.1 Å². The fraction of sp³-hybridized carbons (Fsp3) is 0.733. The molecule has 0 spiro atoms. The van der Waals surface area contributed by atoms with Crippen LogP contribution in [0.2, 0.25) is 0 Å². The van der Waals surface area contributed by atoms with Crippen molar-refractivity contribution >= 4 is 11.3 Å². The SMILES string of the molecule is CCC(CC)(CCc1ccsc1)CNCCOC. The lowest BCUT2D eigenvalue weighted by Gasteiger charge is -2.32. The normalized spacial score (nSPS) is 11.9. The molecule has 1 aromatic heterocycles. The molecule has 0 aliphatic rings. The third kappa shape index (κ3) is 5.09. The van der Waals surface area contributed by atoms with E-state index in [1.165, 1.54) is 31.2 Å². The average Bonchev–Trinajstić information content (AvgIpc) is 2.92. The smallest absolute Gasteiger partial charge is 0.0587 e. The Morgan fingerprint density at radius 1 is 1.33 bits per heavy atom. The number of rotatable bonds is 10. The zero-order valence-electron chi connectivity index (χ0n) is 12.0. The van der Waals surface area contributed by atoms with Crippen molar-refractivity contribution in [3.8, 4) is 0 Å². The molecule has 0 aliphatic heterocycles. The maximum absolute atomic E-state index is 5.08. The van der Waals surface area contributed by atoms with Crippen LogP contribution in [-0.4, -0.2) is 26.8 Å². The van der Waals surface area contributed by atoms with Crippen molar-refractivity contribution in [3.05, 3.63) is 22.4 Å². The third-order valence-electron chi connectivity index (χ3n) is 4.01. The first-order valence-electron chi connectivity index (χ1n) is 6.97. The van der Waals surface area contributed by atoms with Crippen LogP contribution in [0.3, 0.4) is 0 Å². The Labute approximate surface area is 116 Å². The van der Waals surface area contributed by atoms with Gasteiger partial charge in [-0.25, -0.2) is 0 Å². The number of methoxy groups -OCH3 is 1. The molecule has 1 rings (SSSR count). The highest BCUT2D eigenvalue weighted by Crippen LogP contribution is 2.31. The first kappa shape index (κ1) is 15.7. The molecule has 0 saturated heterocycles. The quantitative estimate of drug-likeness (QED) is 0.654. The van der Waals surface area contributed by atoms with Gasteiger partial charge in [-0.3, -0.25) is 0 Å². The van der Waals surface area contributed by atoms with Crippen LogP contribution >= 0.6 is 11.3 Å². The average molecular weight is 269 g/mol. The van der Waals surface area contributed by atoms with E-state index in [9.17, 15) is 0 Å². The molecule has 0 bridgehead atoms. The number of aryl methyl sites for hydroxylation is 1. The van der Waals surface area contributed by atoms with E-state index in [-0.39, 0.29) is 0 Å². The first-order chi connectivity index (χ1) is 8.76. The largest absolute Gasteiger partial charge is 0.383 e. The summed E-state index contributed by atoms with van der Waals surface area (Å²) in [6, 6.07) is 2.25. The standard InChI is InChI=1S/C15H27NOS/c1-4-15(5-2,13-16-9-10-17-3)8-6-14-7-11-18-12-14/h7,11-12,16H,4-6,8-10,13H2,1-3H3. The molecule has 104 valence electrons. The Balaban J connectivity index is 2.40. The molecule has 3 heteroatoms. The summed E-state index contributed by atoms with van der Waals surface area (Å²) >= 11 is 1.80. The molecule has 0 amide bonds. The summed E-state index contributed by atoms with van der Waals surface area (Å²) in [5.74, 6) is 0. The minimum Gasteiger partial charge on any atom is -0.383 e. The van der Waals surface area contributed by atoms with Crippen molar-refractivity contribution in [1.82, 2.24) is 5.32 Å². The molecule has 0 atom stereocenters. The second-order valence-corrected chi connectivity index (χ2v) is 5.79. The summed E-state index contributed by atoms with van der Waals surface area (Å²) in [4.78, 5) is 0. The highest BCUT2D eigenvalue weighted by atomic mass is 32.1. The Hall–Kier alpha value is -0.380. The lowest BCUT2D eigenvalue weighted by Crippen LogP contribution is -2.35. The van der Waals surface area contributed by atoms with Crippen LogP contribution in [0.1, 0.15) is 38.7 Å². The first-order valence-corrected chi connectivity index (χ1v) is 7.91. The summed E-state index contributed by atoms with van der Waals surface area (Å²) in [6.45, 7) is 7.49. The van der Waals surface area contributed by atoms with Crippen LogP contribution in [0, 0.1) is 5.41 Å². The topological polar surface area (TPSA) is 21.3 Å². The summed E-state index contributed by atoms with van der Waals surface area (Å²) in [6.07, 6.45) is 4.97. The predicted molar refractivity (Wildman–Crippen MR) is 80.4 cm³/mol. The predicted octanol–water partition coefficient (Wildman–Crippen LogP) is 3.72. The van der Waals surface area contributed by atoms with E-state index in [4.69, 9.17) is 4.74 Å². The number of hydrogen-bond donors (Lipinski definition) is 1. The van der Waals surface area contributed by atoms with E-state index in [1.807, 2.05) is 0 Å². The molecule has 0 saturated carbocycles. The second-order valence-electron chi connectivity index (χ2n) is 5.01. The van der Waals surface area contributed by atoms with Crippen LogP contribution in [0.5, 0.6) is 0 Å². The molecule has 2 nitrogen and oxygen atoms in total. The van der Waals surface area contributed by atoms with Crippen molar-refractivity contribution in [1.29, 1.82) is 0 Å². The molecule has 1 heterocycles. The maximum Gasteiger partial charge on any atom is 0.0587 e. The van der Waals surface area contributed by atoms with E-state index in [0.29, 0.717) is 5.41 Å². The van der Waals surface area contributed by atoms with Crippen LogP contribution in [0.4, 0.5) is 0 Å². The molecule has 1 aromatic rings. The number of thiophene rings is 1. The minimum atomic E-state index is 0.440. The number of ether oxygens (including phenoxy) is 1. The van der Waals surface area contributed by atoms with E-state index >= 15 is 0 Å². The van der Waals surface area contributed by atoms with Gasteiger partial charge in [0.25, 0.3) is 0 Å². The van der Waals surface area contributed by atoms with E-state index in [2.05, 4.69) is 36.0 Å². The van der Waals surface area contributed by atoms with Gasteiger partial charge in [0.15, 0.2) is 0 Å². The number of nitrogens with one attached hydrogen (secondary N) is 1. The van der Waals surface area contributed by atoms with Crippen molar-refractivity contribution in [2.75, 3.05) is 26.8 Å². The Morgan fingerprint density at radius 2 is 2.11 bits per heavy atom. The van der Waals surface area contributed by atoms with Crippen molar-refractivity contribution < 1.29 is 4.74 Å². The lowest BCUT2D eigenvalue weighted by atomic mass is 9.77. The van der Waals surface area contributed by atoms with Crippen molar-refractivity contribution in [3.63, 3.8) is 0 Å². The van der Waals surface area contributed by atoms with Crippen LogP contribution in [-0.2, 0) is 11.2 Å². The van der Waals surface area contributed by atoms with Crippen molar-refractivity contribution in [2.45, 2.75) is 39.5 Å². The molecule has 0 unspecified atom stereocenters. The van der Waals surface area contributed by atoms with Crippen LogP contribution in [0.25, 0.3) is 0 Å². The molecular formula is C15H27NOS. The lowest BCUT2D eigenvalue weighted by molar-refractivity contribution is 0.182. The van der Waals surface area contributed by atoms with Gasteiger partial charge in [-0.15, -0.1) is 0 Å². The van der Waals surface area contributed by atoms with Crippen LogP contribution < -0.4 is 5.32 Å². The van der Waals surface area contributed by atoms with Crippen LogP contribution in [0.15, 0.2) is 16.8 Å². The summed E-state index contributed by atoms with van der Waals surface area (Å²) in [7, 11) is 1.76. The van der Waals surface area contributed by atoms with Gasteiger partial charge in [0.2, 0.25) is 0 Å². The Bertz CT molecular complexity index is 293. The minimum absolute atomic E-state index is 0.440. The maximum atomic E-state index is 5.08. The van der Waals surface area contributed by atoms with E-state index < -0.39 is 0 Å². The Morgan fingerprint density at radius 3 is 2.67 bits per heavy atom. The van der Waals surface area contributed by atoms with Gasteiger partial charge in [-0.05, 0) is 53.5 Å². The fourth-order valence-electron chi connectivity index (χ4n) is 2.31. The second kappa shape index (κ2) is 8.68. The molecule has 0 radical (unpaired) electrons. The molecular weight excluding hydrogens is 242 g/mol. The highest BCUT2D eigenvalue weighted by molar-refractivity contribution is 7.07. The molecule has 18 heavy (non-hydrogen) atoms. The van der Waals surface area contributed by atoms with E-state index in [1.54, 1.807) is 18.4 Å². The molecule has 0 aromatic carbocycles. The number of hydrogen-bond acceptors (Lipinski definition) is 3. The van der Waals surface area contributed by atoms with Crippen molar-refractivity contribution in [2.24, 2.45) is 5.41 Å². The zero-order valence-corrected chi connectivity index (χ0v) is 12.8. The fourth-order valence-corrected chi connectivity index (χ4v) is 3.02. The van der Waals surface area contributed by atoms with Gasteiger partial charge >= 0.3 is 0 Å².